The van der Waals surface area contributed by atoms with Crippen LogP contribution >= 0.6 is 0 Å². The van der Waals surface area contributed by atoms with Crippen LogP contribution < -0.4 is 5.32 Å². The molecule has 0 heterocycles. The second kappa shape index (κ2) is 7.23. The van der Waals surface area contributed by atoms with Gasteiger partial charge in [-0.15, -0.1) is 6.42 Å². The Bertz CT molecular complexity index is 723. The molecule has 0 bridgehead atoms. The van der Waals surface area contributed by atoms with Crippen molar-refractivity contribution in [2.75, 3.05) is 0 Å². The Balaban J connectivity index is 1.69. The number of carbonyl (C=O) groups excluding carboxylic acids is 1. The Morgan fingerprint density at radius 1 is 1.08 bits per heavy atom. The minimum Gasteiger partial charge on any atom is -0.445 e. The summed E-state index contributed by atoms with van der Waals surface area (Å²) in [6, 6.07) is 17.6. The van der Waals surface area contributed by atoms with Gasteiger partial charge in [0, 0.05) is 5.56 Å². The van der Waals surface area contributed by atoms with Crippen LogP contribution in [-0.4, -0.2) is 6.09 Å². The third-order valence-electron chi connectivity index (χ3n) is 4.62. The molecular weight excluding hydrogens is 298 g/mol. The van der Waals surface area contributed by atoms with E-state index in [0.717, 1.165) is 42.4 Å². The maximum Gasteiger partial charge on any atom is 0.408 e. The van der Waals surface area contributed by atoms with E-state index in [0.29, 0.717) is 0 Å². The normalized spacial score (nSPS) is 15.5. The van der Waals surface area contributed by atoms with Crippen molar-refractivity contribution in [1.82, 2.24) is 5.32 Å². The number of ether oxygens (including phenoxy) is 1. The highest BCUT2D eigenvalue weighted by molar-refractivity contribution is 5.69. The third kappa shape index (κ3) is 3.60. The molecule has 1 N–H and O–H groups in total. The maximum atomic E-state index is 12.3. The summed E-state index contributed by atoms with van der Waals surface area (Å²) >= 11 is 0. The molecule has 0 aromatic heterocycles. The number of rotatable bonds is 4. The van der Waals surface area contributed by atoms with Crippen LogP contribution in [0.4, 0.5) is 4.79 Å². The molecule has 122 valence electrons. The average molecular weight is 319 g/mol. The SMILES string of the molecule is C#Cc1ccc(C2(NC(=O)OCc3ccccc3)CCCC2)cc1. The van der Waals surface area contributed by atoms with E-state index in [1.807, 2.05) is 54.6 Å². The molecule has 1 saturated carbocycles. The van der Waals surface area contributed by atoms with Crippen molar-refractivity contribution in [3.63, 3.8) is 0 Å². The van der Waals surface area contributed by atoms with Gasteiger partial charge in [-0.25, -0.2) is 4.79 Å². The first-order chi connectivity index (χ1) is 11.7. The number of nitrogens with one attached hydrogen (secondary N) is 1. The Morgan fingerprint density at radius 2 is 1.75 bits per heavy atom. The highest BCUT2D eigenvalue weighted by atomic mass is 16.5. The van der Waals surface area contributed by atoms with Crippen molar-refractivity contribution < 1.29 is 9.53 Å². The highest BCUT2D eigenvalue weighted by Gasteiger charge is 2.37. The first kappa shape index (κ1) is 16.1. The van der Waals surface area contributed by atoms with Crippen molar-refractivity contribution >= 4 is 6.09 Å². The van der Waals surface area contributed by atoms with E-state index in [9.17, 15) is 4.79 Å². The fourth-order valence-electron chi connectivity index (χ4n) is 3.30. The second-order valence-corrected chi connectivity index (χ2v) is 6.20. The molecule has 1 aliphatic rings. The molecule has 24 heavy (non-hydrogen) atoms. The predicted molar refractivity (Wildman–Crippen MR) is 94.3 cm³/mol. The van der Waals surface area contributed by atoms with E-state index < -0.39 is 0 Å². The summed E-state index contributed by atoms with van der Waals surface area (Å²) in [5.74, 6) is 2.62. The van der Waals surface area contributed by atoms with Crippen LogP contribution in [0.3, 0.4) is 0 Å². The van der Waals surface area contributed by atoms with Gasteiger partial charge in [0.2, 0.25) is 0 Å². The van der Waals surface area contributed by atoms with E-state index in [1.54, 1.807) is 0 Å². The number of terminal acetylenes is 1. The summed E-state index contributed by atoms with van der Waals surface area (Å²) in [7, 11) is 0. The molecule has 2 aromatic rings. The van der Waals surface area contributed by atoms with Crippen molar-refractivity contribution in [1.29, 1.82) is 0 Å². The topological polar surface area (TPSA) is 38.3 Å². The van der Waals surface area contributed by atoms with E-state index in [-0.39, 0.29) is 18.2 Å². The zero-order valence-electron chi connectivity index (χ0n) is 13.6. The van der Waals surface area contributed by atoms with E-state index >= 15 is 0 Å². The summed E-state index contributed by atoms with van der Waals surface area (Å²) in [5, 5.41) is 3.10. The number of hydrogen-bond acceptors (Lipinski definition) is 2. The van der Waals surface area contributed by atoms with E-state index in [2.05, 4.69) is 11.2 Å². The second-order valence-electron chi connectivity index (χ2n) is 6.20. The lowest BCUT2D eigenvalue weighted by atomic mass is 9.88. The number of hydrogen-bond donors (Lipinski definition) is 1. The lowest BCUT2D eigenvalue weighted by Crippen LogP contribution is -2.44. The standard InChI is InChI=1S/C21H21NO2/c1-2-17-10-12-19(13-11-17)21(14-6-7-15-21)22-20(23)24-16-18-8-4-3-5-9-18/h1,3-5,8-13H,6-7,14-16H2,(H,22,23). The van der Waals surface area contributed by atoms with Crippen LogP contribution in [0.5, 0.6) is 0 Å². The smallest absolute Gasteiger partial charge is 0.408 e. The molecule has 1 amide bonds. The van der Waals surface area contributed by atoms with Gasteiger partial charge in [0.1, 0.15) is 6.61 Å². The first-order valence-corrected chi connectivity index (χ1v) is 8.28. The molecule has 0 aliphatic heterocycles. The Hall–Kier alpha value is -2.73. The molecule has 3 heteroatoms. The minimum absolute atomic E-state index is 0.277. The molecule has 3 rings (SSSR count). The average Bonchev–Trinajstić information content (AvgIpc) is 3.10. The van der Waals surface area contributed by atoms with Gasteiger partial charge < -0.3 is 10.1 Å². The van der Waals surface area contributed by atoms with Crippen LogP contribution in [0.1, 0.15) is 42.4 Å². The molecule has 2 aromatic carbocycles. The van der Waals surface area contributed by atoms with Crippen LogP contribution in [0.2, 0.25) is 0 Å². The molecule has 0 radical (unpaired) electrons. The van der Waals surface area contributed by atoms with Gasteiger partial charge in [-0.3, -0.25) is 0 Å². The largest absolute Gasteiger partial charge is 0.445 e. The summed E-state index contributed by atoms with van der Waals surface area (Å²) in [6.07, 6.45) is 9.07. The van der Waals surface area contributed by atoms with Gasteiger partial charge in [-0.2, -0.15) is 0 Å². The summed E-state index contributed by atoms with van der Waals surface area (Å²) in [5.41, 5.74) is 2.57. The molecule has 0 atom stereocenters. The van der Waals surface area contributed by atoms with Gasteiger partial charge in [0.05, 0.1) is 5.54 Å². The zero-order valence-corrected chi connectivity index (χ0v) is 13.6. The first-order valence-electron chi connectivity index (χ1n) is 8.28. The fraction of sp³-hybridized carbons (Fsp3) is 0.286. The highest BCUT2D eigenvalue weighted by Crippen LogP contribution is 2.38. The van der Waals surface area contributed by atoms with Crippen molar-refractivity contribution in [2.45, 2.75) is 37.8 Å². The summed E-state index contributed by atoms with van der Waals surface area (Å²) in [6.45, 7) is 0.277. The quantitative estimate of drug-likeness (QED) is 0.850. The van der Waals surface area contributed by atoms with Crippen LogP contribution in [0, 0.1) is 12.3 Å². The Labute approximate surface area is 143 Å². The van der Waals surface area contributed by atoms with Crippen molar-refractivity contribution in [2.24, 2.45) is 0 Å². The van der Waals surface area contributed by atoms with E-state index in [4.69, 9.17) is 11.2 Å². The molecule has 0 unspecified atom stereocenters. The monoisotopic (exact) mass is 319 g/mol. The van der Waals surface area contributed by atoms with Gasteiger partial charge in [0.25, 0.3) is 0 Å². The molecule has 1 aliphatic carbocycles. The molecular formula is C21H21NO2. The van der Waals surface area contributed by atoms with Crippen LogP contribution in [0.15, 0.2) is 54.6 Å². The number of carbonyl (C=O) groups is 1. The van der Waals surface area contributed by atoms with Crippen molar-refractivity contribution in [3.05, 3.63) is 71.3 Å². The van der Waals surface area contributed by atoms with Crippen LogP contribution in [0.25, 0.3) is 0 Å². The van der Waals surface area contributed by atoms with Gasteiger partial charge in [-0.1, -0.05) is 61.2 Å². The third-order valence-corrected chi connectivity index (χ3v) is 4.62. The van der Waals surface area contributed by atoms with Gasteiger partial charge in [-0.05, 0) is 36.1 Å². The molecule has 0 saturated heterocycles. The van der Waals surface area contributed by atoms with Gasteiger partial charge in [0.15, 0.2) is 0 Å². The number of amides is 1. The predicted octanol–water partition coefficient (Wildman–Crippen LogP) is 4.36. The molecule has 3 nitrogen and oxygen atoms in total. The molecule has 0 spiro atoms. The van der Waals surface area contributed by atoms with Crippen LogP contribution in [-0.2, 0) is 16.9 Å². The van der Waals surface area contributed by atoms with Crippen molar-refractivity contribution in [3.8, 4) is 12.3 Å². The minimum atomic E-state index is -0.373. The summed E-state index contributed by atoms with van der Waals surface area (Å²) < 4.78 is 5.40. The fourth-order valence-corrected chi connectivity index (χ4v) is 3.30. The Morgan fingerprint density at radius 3 is 2.38 bits per heavy atom. The zero-order chi connectivity index (χ0) is 16.8. The lowest BCUT2D eigenvalue weighted by molar-refractivity contribution is 0.126. The maximum absolute atomic E-state index is 12.3. The number of alkyl carbamates (subject to hydrolysis) is 1. The lowest BCUT2D eigenvalue weighted by Gasteiger charge is -2.30. The van der Waals surface area contributed by atoms with E-state index in [1.165, 1.54) is 0 Å². The Kier molecular flexibility index (Phi) is 4.86. The molecule has 1 fully saturated rings. The summed E-state index contributed by atoms with van der Waals surface area (Å²) in [4.78, 5) is 12.3. The number of benzene rings is 2. The van der Waals surface area contributed by atoms with Gasteiger partial charge >= 0.3 is 6.09 Å².